The van der Waals surface area contributed by atoms with Crippen LogP contribution in [-0.2, 0) is 0 Å². The molecule has 1 nitrogen and oxygen atoms in total. The molecule has 0 atom stereocenters. The van der Waals surface area contributed by atoms with Gasteiger partial charge in [-0.25, -0.2) is 5.32 Å². The summed E-state index contributed by atoms with van der Waals surface area (Å²) in [4.78, 5) is 0.594. The molecule has 0 heterocycles. The minimum Gasteiger partial charge on any atom is -0.249 e. The van der Waals surface area contributed by atoms with Crippen molar-refractivity contribution in [3.63, 3.8) is 0 Å². The molecule has 1 radical (unpaired) electrons. The van der Waals surface area contributed by atoms with E-state index in [1.807, 2.05) is 0 Å². The van der Waals surface area contributed by atoms with Crippen molar-refractivity contribution in [1.82, 2.24) is 5.32 Å². The third-order valence-electron chi connectivity index (χ3n) is 0.313. The smallest absolute Gasteiger partial charge is 0.0998 e. The molecule has 7 heavy (non-hydrogen) atoms. The summed E-state index contributed by atoms with van der Waals surface area (Å²) in [5.41, 5.74) is 1.32. The Morgan fingerprint density at radius 1 is 1.86 bits per heavy atom. The molecule has 0 rings (SSSR count). The van der Waals surface area contributed by atoms with E-state index in [4.69, 9.17) is 11.6 Å². The van der Waals surface area contributed by atoms with Crippen LogP contribution in [0.5, 0.6) is 0 Å². The van der Waals surface area contributed by atoms with E-state index in [0.717, 1.165) is 0 Å². The third-order valence-corrected chi connectivity index (χ3v) is 0.531. The first-order valence-corrected chi connectivity index (χ1v) is 2.58. The van der Waals surface area contributed by atoms with E-state index >= 15 is 0 Å². The second-order valence-electron chi connectivity index (χ2n) is 0.923. The summed E-state index contributed by atoms with van der Waals surface area (Å²) in [7, 11) is 0. The molecular formula is C4H5ClNS. The van der Waals surface area contributed by atoms with Crippen LogP contribution in [0.15, 0.2) is 11.7 Å². The molecule has 0 aliphatic rings. The van der Waals surface area contributed by atoms with E-state index in [9.17, 15) is 0 Å². The van der Waals surface area contributed by atoms with E-state index in [1.54, 1.807) is 6.92 Å². The zero-order chi connectivity index (χ0) is 5.70. The molecule has 0 fully saturated rings. The van der Waals surface area contributed by atoms with Crippen molar-refractivity contribution >= 4 is 28.8 Å². The quantitative estimate of drug-likeness (QED) is 0.498. The zero-order valence-corrected chi connectivity index (χ0v) is 5.46. The topological polar surface area (TPSA) is 14.1 Å². The number of halogens is 1. The van der Waals surface area contributed by atoms with Crippen molar-refractivity contribution < 1.29 is 0 Å². The van der Waals surface area contributed by atoms with Crippen LogP contribution in [0, 0.1) is 0 Å². The predicted molar refractivity (Wildman–Crippen MR) is 35.4 cm³/mol. The summed E-state index contributed by atoms with van der Waals surface area (Å²) >= 11 is 9.70. The molecule has 0 saturated heterocycles. The molecule has 39 valence electrons. The monoisotopic (exact) mass is 134 g/mol. The lowest BCUT2D eigenvalue weighted by atomic mass is 10.7. The lowest BCUT2D eigenvalue weighted by molar-refractivity contribution is 1.28. The van der Waals surface area contributed by atoms with Crippen molar-refractivity contribution in [3.8, 4) is 0 Å². The minimum atomic E-state index is 0.594. The molecule has 3 heteroatoms. The fourth-order valence-electron chi connectivity index (χ4n) is 0.133. The van der Waals surface area contributed by atoms with Crippen molar-refractivity contribution in [1.29, 1.82) is 0 Å². The Morgan fingerprint density at radius 2 is 2.43 bits per heavy atom. The average molecular weight is 135 g/mol. The van der Waals surface area contributed by atoms with Crippen molar-refractivity contribution in [2.75, 3.05) is 0 Å². The highest BCUT2D eigenvalue weighted by Crippen LogP contribution is 1.76. The maximum atomic E-state index is 5.11. The Hall–Kier alpha value is -0.0800. The van der Waals surface area contributed by atoms with Crippen LogP contribution < -0.4 is 5.32 Å². The molecule has 0 aliphatic heterocycles. The maximum absolute atomic E-state index is 5.11. The van der Waals surface area contributed by atoms with Crippen LogP contribution in [0.3, 0.4) is 0 Å². The second-order valence-corrected chi connectivity index (χ2v) is 1.77. The minimum absolute atomic E-state index is 0.594. The summed E-state index contributed by atoms with van der Waals surface area (Å²) in [6.45, 7) is 1.73. The van der Waals surface area contributed by atoms with Gasteiger partial charge in [0.05, 0.1) is 4.99 Å². The van der Waals surface area contributed by atoms with Crippen LogP contribution in [-0.4, -0.2) is 4.99 Å². The molecule has 0 bridgehead atoms. The van der Waals surface area contributed by atoms with E-state index in [1.165, 1.54) is 11.7 Å². The lowest BCUT2D eigenvalue weighted by Gasteiger charge is -1.83. The third kappa shape index (κ3) is 5.92. The maximum Gasteiger partial charge on any atom is 0.0998 e. The number of hydrogen-bond donors (Lipinski definition) is 0. The number of rotatable bonds is 1. The molecule has 0 aromatic heterocycles. The van der Waals surface area contributed by atoms with Gasteiger partial charge >= 0.3 is 0 Å². The van der Waals surface area contributed by atoms with Gasteiger partial charge in [-0.2, -0.15) is 0 Å². The normalized spacial score (nSPS) is 9.43. The summed E-state index contributed by atoms with van der Waals surface area (Å²) < 4.78 is 0. The first-order valence-electron chi connectivity index (χ1n) is 1.74. The fraction of sp³-hybridized carbons (Fsp3) is 0.250. The van der Waals surface area contributed by atoms with Gasteiger partial charge in [-0.15, -0.1) is 0 Å². The second kappa shape index (κ2) is 4.09. The van der Waals surface area contributed by atoms with Gasteiger partial charge in [0.1, 0.15) is 0 Å². The molecular weight excluding hydrogens is 130 g/mol. The van der Waals surface area contributed by atoms with Gasteiger partial charge in [-0.1, -0.05) is 23.8 Å². The SMILES string of the molecule is CC(=S)[N]C=CCl. The molecule has 0 unspecified atom stereocenters. The molecule has 0 spiro atoms. The average Bonchev–Trinajstić information content (AvgIpc) is 1.61. The van der Waals surface area contributed by atoms with E-state index in [2.05, 4.69) is 17.5 Å². The molecule has 0 aromatic rings. The number of hydrogen-bond acceptors (Lipinski definition) is 1. The van der Waals surface area contributed by atoms with Crippen LogP contribution in [0.2, 0.25) is 0 Å². The largest absolute Gasteiger partial charge is 0.249 e. The Morgan fingerprint density at radius 3 is 2.57 bits per heavy atom. The van der Waals surface area contributed by atoms with Gasteiger partial charge < -0.3 is 0 Å². The summed E-state index contributed by atoms with van der Waals surface area (Å²) in [5.74, 6) is 0. The van der Waals surface area contributed by atoms with Crippen molar-refractivity contribution in [2.24, 2.45) is 0 Å². The van der Waals surface area contributed by atoms with Crippen LogP contribution in [0.1, 0.15) is 6.92 Å². The zero-order valence-electron chi connectivity index (χ0n) is 3.89. The first-order chi connectivity index (χ1) is 3.27. The van der Waals surface area contributed by atoms with Crippen molar-refractivity contribution in [3.05, 3.63) is 11.7 Å². The summed E-state index contributed by atoms with van der Waals surface area (Å²) in [6.07, 6.45) is 1.45. The lowest BCUT2D eigenvalue weighted by Crippen LogP contribution is -1.98. The fourth-order valence-corrected chi connectivity index (χ4v) is 0.250. The highest BCUT2D eigenvalue weighted by Gasteiger charge is 1.76. The highest BCUT2D eigenvalue weighted by molar-refractivity contribution is 7.80. The number of thiocarbonyl (C=S) groups is 1. The van der Waals surface area contributed by atoms with Gasteiger partial charge in [0.25, 0.3) is 0 Å². The molecule has 0 aromatic carbocycles. The van der Waals surface area contributed by atoms with E-state index in [-0.39, 0.29) is 0 Å². The van der Waals surface area contributed by atoms with E-state index < -0.39 is 0 Å². The predicted octanol–water partition coefficient (Wildman–Crippen LogP) is 1.65. The number of nitrogens with zero attached hydrogens (tertiary/aromatic N) is 1. The molecule has 0 saturated carbocycles. The van der Waals surface area contributed by atoms with Gasteiger partial charge in [0.2, 0.25) is 0 Å². The summed E-state index contributed by atoms with van der Waals surface area (Å²) in [6, 6.07) is 0. The molecule has 0 amide bonds. The van der Waals surface area contributed by atoms with Crippen LogP contribution in [0.25, 0.3) is 0 Å². The van der Waals surface area contributed by atoms with Gasteiger partial charge in [-0.3, -0.25) is 0 Å². The van der Waals surface area contributed by atoms with Gasteiger partial charge in [-0.05, 0) is 6.92 Å². The molecule has 0 aliphatic carbocycles. The Balaban J connectivity index is 3.14. The van der Waals surface area contributed by atoms with Crippen molar-refractivity contribution in [2.45, 2.75) is 6.92 Å². The summed E-state index contributed by atoms with van der Waals surface area (Å²) in [5, 5.41) is 3.66. The Kier molecular flexibility index (Phi) is 4.04. The Bertz CT molecular complexity index is 89.7. The highest BCUT2D eigenvalue weighted by atomic mass is 35.5. The first kappa shape index (κ1) is 6.92. The van der Waals surface area contributed by atoms with Crippen LogP contribution >= 0.6 is 23.8 Å². The van der Waals surface area contributed by atoms with Crippen LogP contribution in [0.4, 0.5) is 0 Å². The van der Waals surface area contributed by atoms with Gasteiger partial charge in [0.15, 0.2) is 0 Å². The Labute approximate surface area is 53.4 Å². The van der Waals surface area contributed by atoms with Gasteiger partial charge in [0, 0.05) is 11.7 Å². The molecule has 0 N–H and O–H groups in total. The standard InChI is InChI=1S/C4H5ClNS/c1-4(7)6-3-2-5/h2-3H,1H3. The van der Waals surface area contributed by atoms with E-state index in [0.29, 0.717) is 4.99 Å².